The lowest BCUT2D eigenvalue weighted by molar-refractivity contribution is -0.671. The van der Waals surface area contributed by atoms with Crippen LogP contribution in [0, 0.1) is 5.82 Å². The Morgan fingerprint density at radius 2 is 2.00 bits per heavy atom. The number of ether oxygens (including phenoxy) is 1. The van der Waals surface area contributed by atoms with Crippen molar-refractivity contribution < 1.29 is 14.4 Å². The third kappa shape index (κ3) is 4.01. The van der Waals surface area contributed by atoms with Crippen molar-refractivity contribution in [1.29, 1.82) is 0 Å². The van der Waals surface area contributed by atoms with Gasteiger partial charge in [-0.25, -0.2) is 4.39 Å². The molecule has 0 unspecified atom stereocenters. The van der Waals surface area contributed by atoms with Gasteiger partial charge in [-0.05, 0) is 12.1 Å². The van der Waals surface area contributed by atoms with E-state index in [1.807, 2.05) is 0 Å². The molecule has 0 atom stereocenters. The van der Waals surface area contributed by atoms with Gasteiger partial charge in [0, 0.05) is 12.7 Å². The predicted octanol–water partition coefficient (Wildman–Crippen LogP) is 0.536. The predicted molar refractivity (Wildman–Crippen MR) is 48.8 cm³/mol. The molecule has 0 saturated carbocycles. The van der Waals surface area contributed by atoms with E-state index < -0.39 is 0 Å². The molecule has 1 aromatic rings. The Balaban J connectivity index is 2.25. The molecule has 13 heavy (non-hydrogen) atoms. The summed E-state index contributed by atoms with van der Waals surface area (Å²) in [5.41, 5.74) is 1.14. The lowest BCUT2D eigenvalue weighted by Crippen LogP contribution is -2.83. The minimum Gasteiger partial charge on any atom is -0.379 e. The fourth-order valence-electron chi connectivity index (χ4n) is 1.09. The molecular formula is C10H15FNO+. The van der Waals surface area contributed by atoms with Crippen molar-refractivity contribution in [2.45, 2.75) is 6.54 Å². The zero-order chi connectivity index (χ0) is 9.52. The highest BCUT2D eigenvalue weighted by atomic mass is 19.1. The highest BCUT2D eigenvalue weighted by Crippen LogP contribution is 2.00. The molecule has 0 radical (unpaired) electrons. The molecule has 3 heteroatoms. The Labute approximate surface area is 77.7 Å². The number of halogens is 1. The van der Waals surface area contributed by atoms with Gasteiger partial charge in [0.1, 0.15) is 12.4 Å². The molecular weight excluding hydrogens is 169 g/mol. The van der Waals surface area contributed by atoms with Gasteiger partial charge in [0.2, 0.25) is 0 Å². The number of benzene rings is 1. The van der Waals surface area contributed by atoms with Crippen LogP contribution < -0.4 is 5.32 Å². The quantitative estimate of drug-likeness (QED) is 0.664. The molecule has 2 nitrogen and oxygen atoms in total. The topological polar surface area (TPSA) is 25.8 Å². The minimum atomic E-state index is -0.180. The van der Waals surface area contributed by atoms with E-state index in [1.165, 1.54) is 12.1 Å². The maximum atomic E-state index is 12.5. The molecule has 2 N–H and O–H groups in total. The zero-order valence-corrected chi connectivity index (χ0v) is 7.79. The van der Waals surface area contributed by atoms with Crippen molar-refractivity contribution in [1.82, 2.24) is 0 Å². The zero-order valence-electron chi connectivity index (χ0n) is 7.79. The largest absolute Gasteiger partial charge is 0.379 e. The summed E-state index contributed by atoms with van der Waals surface area (Å²) in [5.74, 6) is -0.180. The van der Waals surface area contributed by atoms with E-state index in [-0.39, 0.29) is 5.82 Å². The minimum absolute atomic E-state index is 0.180. The summed E-state index contributed by atoms with van der Waals surface area (Å²) in [6.45, 7) is 2.57. The molecule has 0 aromatic heterocycles. The lowest BCUT2D eigenvalue weighted by Gasteiger charge is -2.00. The van der Waals surface area contributed by atoms with Crippen LogP contribution in [0.4, 0.5) is 4.39 Å². The number of quaternary nitrogens is 1. The SMILES string of the molecule is COCC[NH2+]Cc1ccc(F)cc1. The van der Waals surface area contributed by atoms with E-state index in [2.05, 4.69) is 5.32 Å². The first-order chi connectivity index (χ1) is 6.33. The first-order valence-electron chi connectivity index (χ1n) is 4.38. The van der Waals surface area contributed by atoms with E-state index in [9.17, 15) is 4.39 Å². The monoisotopic (exact) mass is 184 g/mol. The number of nitrogens with two attached hydrogens (primary N) is 1. The van der Waals surface area contributed by atoms with Crippen molar-refractivity contribution in [3.05, 3.63) is 35.6 Å². The second-order valence-electron chi connectivity index (χ2n) is 2.90. The number of rotatable bonds is 5. The Morgan fingerprint density at radius 1 is 1.31 bits per heavy atom. The lowest BCUT2D eigenvalue weighted by atomic mass is 10.2. The van der Waals surface area contributed by atoms with Gasteiger partial charge in [-0.1, -0.05) is 12.1 Å². The van der Waals surface area contributed by atoms with Crippen LogP contribution in [0.2, 0.25) is 0 Å². The third-order valence-electron chi connectivity index (χ3n) is 1.82. The van der Waals surface area contributed by atoms with Crippen LogP contribution in [0.5, 0.6) is 0 Å². The fraction of sp³-hybridized carbons (Fsp3) is 0.400. The molecule has 0 aliphatic heterocycles. The average Bonchev–Trinajstić information content (AvgIpc) is 2.15. The molecule has 0 aliphatic carbocycles. The van der Waals surface area contributed by atoms with Crippen LogP contribution in [-0.4, -0.2) is 20.3 Å². The van der Waals surface area contributed by atoms with Crippen molar-refractivity contribution in [3.63, 3.8) is 0 Å². The molecule has 0 bridgehead atoms. The number of hydrogen-bond donors (Lipinski definition) is 1. The molecule has 0 aliphatic rings. The molecule has 72 valence electrons. The summed E-state index contributed by atoms with van der Waals surface area (Å²) in [6, 6.07) is 6.58. The highest BCUT2D eigenvalue weighted by molar-refractivity contribution is 5.14. The first kappa shape index (κ1) is 10.2. The van der Waals surface area contributed by atoms with E-state index in [0.29, 0.717) is 0 Å². The number of hydrogen-bond acceptors (Lipinski definition) is 1. The Morgan fingerprint density at radius 3 is 2.62 bits per heavy atom. The molecule has 0 amide bonds. The van der Waals surface area contributed by atoms with Crippen LogP contribution in [-0.2, 0) is 11.3 Å². The van der Waals surface area contributed by atoms with E-state index >= 15 is 0 Å². The molecule has 0 heterocycles. The Hall–Kier alpha value is -0.930. The third-order valence-corrected chi connectivity index (χ3v) is 1.82. The maximum Gasteiger partial charge on any atom is 0.123 e. The summed E-state index contributed by atoms with van der Waals surface area (Å²) in [6.07, 6.45) is 0. The van der Waals surface area contributed by atoms with Gasteiger partial charge in [0.25, 0.3) is 0 Å². The van der Waals surface area contributed by atoms with Crippen LogP contribution in [0.15, 0.2) is 24.3 Å². The van der Waals surface area contributed by atoms with Crippen LogP contribution in [0.25, 0.3) is 0 Å². The summed E-state index contributed by atoms with van der Waals surface area (Å²) >= 11 is 0. The van der Waals surface area contributed by atoms with Crippen molar-refractivity contribution in [2.75, 3.05) is 20.3 Å². The van der Waals surface area contributed by atoms with E-state index in [4.69, 9.17) is 4.74 Å². The van der Waals surface area contributed by atoms with Crippen LogP contribution in [0.1, 0.15) is 5.56 Å². The van der Waals surface area contributed by atoms with E-state index in [0.717, 1.165) is 25.3 Å². The Kier molecular flexibility index (Phi) is 4.43. The maximum absolute atomic E-state index is 12.5. The van der Waals surface area contributed by atoms with Gasteiger partial charge in [-0.2, -0.15) is 0 Å². The van der Waals surface area contributed by atoms with Crippen molar-refractivity contribution in [2.24, 2.45) is 0 Å². The average molecular weight is 184 g/mol. The van der Waals surface area contributed by atoms with Crippen LogP contribution >= 0.6 is 0 Å². The summed E-state index contributed by atoms with van der Waals surface area (Å²) < 4.78 is 17.4. The van der Waals surface area contributed by atoms with E-state index in [1.54, 1.807) is 19.2 Å². The van der Waals surface area contributed by atoms with Crippen molar-refractivity contribution in [3.8, 4) is 0 Å². The summed E-state index contributed by atoms with van der Waals surface area (Å²) in [4.78, 5) is 0. The second-order valence-corrected chi connectivity index (χ2v) is 2.90. The highest BCUT2D eigenvalue weighted by Gasteiger charge is 1.95. The normalized spacial score (nSPS) is 10.3. The van der Waals surface area contributed by atoms with Gasteiger partial charge < -0.3 is 10.1 Å². The Bertz CT molecular complexity index is 235. The van der Waals surface area contributed by atoms with Crippen LogP contribution in [0.3, 0.4) is 0 Å². The van der Waals surface area contributed by atoms with Gasteiger partial charge in [0.15, 0.2) is 0 Å². The molecule has 1 rings (SSSR count). The molecule has 0 saturated heterocycles. The van der Waals surface area contributed by atoms with Gasteiger partial charge >= 0.3 is 0 Å². The number of methoxy groups -OCH3 is 1. The second kappa shape index (κ2) is 5.67. The molecule has 1 aromatic carbocycles. The van der Waals surface area contributed by atoms with Gasteiger partial charge in [-0.3, -0.25) is 0 Å². The van der Waals surface area contributed by atoms with Gasteiger partial charge in [-0.15, -0.1) is 0 Å². The summed E-state index contributed by atoms with van der Waals surface area (Å²) in [7, 11) is 1.69. The van der Waals surface area contributed by atoms with Gasteiger partial charge in [0.05, 0.1) is 13.2 Å². The smallest absolute Gasteiger partial charge is 0.123 e. The first-order valence-corrected chi connectivity index (χ1v) is 4.38. The fourth-order valence-corrected chi connectivity index (χ4v) is 1.09. The standard InChI is InChI=1S/C10H14FNO/c1-13-7-6-12-8-9-2-4-10(11)5-3-9/h2-5,12H,6-8H2,1H3/p+1. The molecule has 0 spiro atoms. The molecule has 0 fully saturated rings. The van der Waals surface area contributed by atoms with Crippen molar-refractivity contribution >= 4 is 0 Å². The summed E-state index contributed by atoms with van der Waals surface area (Å²) in [5, 5.41) is 2.14.